The van der Waals surface area contributed by atoms with Gasteiger partial charge in [0, 0.05) is 16.8 Å². The van der Waals surface area contributed by atoms with Crippen molar-refractivity contribution in [2.75, 3.05) is 18.2 Å². The lowest BCUT2D eigenvalue weighted by Gasteiger charge is -2.10. The fourth-order valence-electron chi connectivity index (χ4n) is 3.42. The van der Waals surface area contributed by atoms with Gasteiger partial charge in [0.1, 0.15) is 22.7 Å². The van der Waals surface area contributed by atoms with Gasteiger partial charge in [-0.05, 0) is 24.3 Å². The molecule has 7 nitrogen and oxygen atoms in total. The Balaban J connectivity index is 1.31. The van der Waals surface area contributed by atoms with Crippen molar-refractivity contribution in [1.82, 2.24) is 15.2 Å². The van der Waals surface area contributed by atoms with Crippen LogP contribution < -0.4 is 10.1 Å². The molecule has 3 aromatic carbocycles. The number of fused-ring (bicyclic) bond motifs is 3. The summed E-state index contributed by atoms with van der Waals surface area (Å²) in [5.74, 6) is 0.243. The van der Waals surface area contributed by atoms with Gasteiger partial charge < -0.3 is 14.5 Å². The number of nitrogens with one attached hydrogen (secondary N) is 2. The van der Waals surface area contributed by atoms with Gasteiger partial charge in [-0.25, -0.2) is 9.37 Å². The maximum absolute atomic E-state index is 13.9. The van der Waals surface area contributed by atoms with E-state index in [1.54, 1.807) is 31.4 Å². The highest BCUT2D eigenvalue weighted by atomic mass is 32.2. The molecule has 0 bridgehead atoms. The third kappa shape index (κ3) is 3.78. The zero-order valence-corrected chi connectivity index (χ0v) is 17.7. The summed E-state index contributed by atoms with van der Waals surface area (Å²) in [6.45, 7) is 0. The minimum absolute atomic E-state index is 0.0654. The predicted octanol–water partition coefficient (Wildman–Crippen LogP) is 5.25. The van der Waals surface area contributed by atoms with Crippen LogP contribution in [-0.4, -0.2) is 34.0 Å². The average Bonchev–Trinajstić information content (AvgIpc) is 3.41. The fraction of sp³-hybridized carbons (Fsp3) is 0.0870. The molecule has 0 saturated carbocycles. The second kappa shape index (κ2) is 8.35. The largest absolute Gasteiger partial charge is 0.495 e. The zero-order valence-electron chi connectivity index (χ0n) is 16.9. The number of para-hydroxylation sites is 1. The van der Waals surface area contributed by atoms with Crippen molar-refractivity contribution in [3.8, 4) is 17.1 Å². The highest BCUT2D eigenvalue weighted by molar-refractivity contribution is 7.99. The van der Waals surface area contributed by atoms with Crippen molar-refractivity contribution in [3.05, 3.63) is 66.5 Å². The monoisotopic (exact) mass is 448 g/mol. The highest BCUT2D eigenvalue weighted by Crippen LogP contribution is 2.36. The molecular formula is C23H17FN4O3S. The van der Waals surface area contributed by atoms with Crippen LogP contribution in [0.2, 0.25) is 0 Å². The molecule has 32 heavy (non-hydrogen) atoms. The number of halogens is 1. The first-order valence-electron chi connectivity index (χ1n) is 9.71. The molecule has 0 aliphatic rings. The molecule has 2 N–H and O–H groups in total. The maximum Gasteiger partial charge on any atom is 0.234 e. The smallest absolute Gasteiger partial charge is 0.234 e. The summed E-state index contributed by atoms with van der Waals surface area (Å²) in [7, 11) is 1.55. The fourth-order valence-corrected chi connectivity index (χ4v) is 4.02. The number of furan rings is 1. The van der Waals surface area contributed by atoms with Gasteiger partial charge in [0.05, 0.1) is 24.1 Å². The molecule has 0 spiro atoms. The first kappa shape index (κ1) is 20.1. The van der Waals surface area contributed by atoms with Crippen LogP contribution in [-0.2, 0) is 4.79 Å². The quantitative estimate of drug-likeness (QED) is 0.345. The maximum atomic E-state index is 13.9. The Labute approximate surface area is 186 Å². The van der Waals surface area contributed by atoms with Crippen LogP contribution in [0.15, 0.2) is 70.2 Å². The van der Waals surface area contributed by atoms with E-state index in [1.165, 1.54) is 6.07 Å². The number of carbonyl (C=O) groups excluding carboxylic acids is 1. The summed E-state index contributed by atoms with van der Waals surface area (Å²) < 4.78 is 25.3. The second-order valence-electron chi connectivity index (χ2n) is 6.93. The number of hydrogen-bond donors (Lipinski definition) is 2. The number of amides is 1. The van der Waals surface area contributed by atoms with Crippen LogP contribution in [0.5, 0.6) is 5.75 Å². The van der Waals surface area contributed by atoms with Gasteiger partial charge >= 0.3 is 0 Å². The molecule has 0 radical (unpaired) electrons. The van der Waals surface area contributed by atoms with E-state index >= 15 is 0 Å². The molecule has 0 aliphatic heterocycles. The number of ether oxygens (including phenoxy) is 1. The van der Waals surface area contributed by atoms with Crippen molar-refractivity contribution in [3.63, 3.8) is 0 Å². The van der Waals surface area contributed by atoms with E-state index < -0.39 is 5.82 Å². The number of thioether (sulfide) groups is 1. The third-order valence-electron chi connectivity index (χ3n) is 4.90. The molecule has 5 rings (SSSR count). The van der Waals surface area contributed by atoms with E-state index in [1.807, 2.05) is 30.3 Å². The molecule has 2 aromatic heterocycles. The van der Waals surface area contributed by atoms with E-state index in [0.29, 0.717) is 33.6 Å². The summed E-state index contributed by atoms with van der Waals surface area (Å²) in [5.41, 5.74) is 2.24. The van der Waals surface area contributed by atoms with Gasteiger partial charge in [-0.15, -0.1) is 5.10 Å². The van der Waals surface area contributed by atoms with E-state index in [4.69, 9.17) is 9.15 Å². The van der Waals surface area contributed by atoms with Gasteiger partial charge in [0.25, 0.3) is 0 Å². The van der Waals surface area contributed by atoms with Crippen molar-refractivity contribution < 1.29 is 18.3 Å². The van der Waals surface area contributed by atoms with Gasteiger partial charge in [0.2, 0.25) is 11.1 Å². The van der Waals surface area contributed by atoms with Crippen LogP contribution in [0.1, 0.15) is 0 Å². The van der Waals surface area contributed by atoms with E-state index in [9.17, 15) is 9.18 Å². The number of methoxy groups -OCH3 is 1. The lowest BCUT2D eigenvalue weighted by atomic mass is 10.1. The summed E-state index contributed by atoms with van der Waals surface area (Å²) >= 11 is 1.14. The highest BCUT2D eigenvalue weighted by Gasteiger charge is 2.15. The number of benzene rings is 3. The number of rotatable bonds is 6. The number of carbonyl (C=O) groups is 1. The Kier molecular flexibility index (Phi) is 5.24. The number of nitrogens with zero attached hydrogens (tertiary/aromatic N) is 2. The predicted molar refractivity (Wildman–Crippen MR) is 121 cm³/mol. The van der Waals surface area contributed by atoms with Crippen LogP contribution in [0.25, 0.3) is 33.3 Å². The Morgan fingerprint density at radius 1 is 1.12 bits per heavy atom. The van der Waals surface area contributed by atoms with Gasteiger partial charge in [-0.3, -0.25) is 9.89 Å². The summed E-state index contributed by atoms with van der Waals surface area (Å²) in [6.07, 6.45) is 0. The normalized spacial score (nSPS) is 11.2. The molecule has 1 amide bonds. The lowest BCUT2D eigenvalue weighted by molar-refractivity contribution is -0.113. The molecule has 0 fully saturated rings. The molecule has 5 aromatic rings. The van der Waals surface area contributed by atoms with Crippen molar-refractivity contribution in [2.45, 2.75) is 5.16 Å². The third-order valence-corrected chi connectivity index (χ3v) is 5.75. The second-order valence-corrected chi connectivity index (χ2v) is 7.87. The first-order valence-corrected chi connectivity index (χ1v) is 10.7. The molecule has 9 heteroatoms. The molecule has 0 atom stereocenters. The number of hydrogen-bond acceptors (Lipinski definition) is 6. The van der Waals surface area contributed by atoms with Crippen LogP contribution in [0.4, 0.5) is 10.1 Å². The first-order chi connectivity index (χ1) is 15.6. The van der Waals surface area contributed by atoms with E-state index in [-0.39, 0.29) is 11.7 Å². The Morgan fingerprint density at radius 3 is 2.78 bits per heavy atom. The molecule has 160 valence electrons. The number of aromatic amines is 1. The molecule has 0 saturated heterocycles. The van der Waals surface area contributed by atoms with E-state index in [0.717, 1.165) is 28.1 Å². The van der Waals surface area contributed by atoms with Gasteiger partial charge in [-0.2, -0.15) is 0 Å². The minimum Gasteiger partial charge on any atom is -0.495 e. The summed E-state index contributed by atoms with van der Waals surface area (Å²) in [5, 5.41) is 11.8. The molecular weight excluding hydrogens is 431 g/mol. The van der Waals surface area contributed by atoms with Crippen molar-refractivity contribution >= 4 is 45.3 Å². The van der Waals surface area contributed by atoms with Crippen LogP contribution >= 0.6 is 11.8 Å². The van der Waals surface area contributed by atoms with Crippen molar-refractivity contribution in [1.29, 1.82) is 0 Å². The minimum atomic E-state index is -0.397. The van der Waals surface area contributed by atoms with Gasteiger partial charge in [0.15, 0.2) is 5.82 Å². The Hall–Kier alpha value is -3.85. The molecule has 2 heterocycles. The number of H-pyrrole nitrogens is 1. The topological polar surface area (TPSA) is 93.0 Å². The Morgan fingerprint density at radius 2 is 1.94 bits per heavy atom. The molecule has 0 unspecified atom stereocenters. The van der Waals surface area contributed by atoms with Crippen LogP contribution in [0.3, 0.4) is 0 Å². The number of aromatic nitrogens is 3. The number of anilines is 1. The molecule has 0 aliphatic carbocycles. The van der Waals surface area contributed by atoms with E-state index in [2.05, 4.69) is 20.5 Å². The summed E-state index contributed by atoms with van der Waals surface area (Å²) in [4.78, 5) is 16.8. The van der Waals surface area contributed by atoms with Crippen molar-refractivity contribution in [2.24, 2.45) is 0 Å². The zero-order chi connectivity index (χ0) is 22.1. The average molecular weight is 448 g/mol. The SMILES string of the molecule is COc1cc2c(cc1NC(=O)CSc1n[nH]c(-c3ccccc3F)n1)oc1ccccc12. The Bertz CT molecular complexity index is 1450. The van der Waals surface area contributed by atoms with Crippen LogP contribution in [0, 0.1) is 5.82 Å². The van der Waals surface area contributed by atoms with Gasteiger partial charge in [-0.1, -0.05) is 42.1 Å². The lowest BCUT2D eigenvalue weighted by Crippen LogP contribution is -2.14. The standard InChI is InChI=1S/C23H17FN4O3S/c1-30-20-10-15-13-6-3-5-9-18(13)31-19(15)11-17(20)25-21(29)12-32-23-26-22(27-28-23)14-7-2-4-8-16(14)24/h2-11H,12H2,1H3,(H,25,29)(H,26,27,28). The summed E-state index contributed by atoms with van der Waals surface area (Å²) in [6, 6.07) is 17.6.